The SMILES string of the molecule is CC(C)C1=CC(N)=CNC1. The van der Waals surface area contributed by atoms with Gasteiger partial charge in [-0.05, 0) is 17.6 Å². The Morgan fingerprint density at radius 2 is 2.30 bits per heavy atom. The number of dihydropyridines is 1. The van der Waals surface area contributed by atoms with Crippen LogP contribution in [0.5, 0.6) is 0 Å². The Morgan fingerprint density at radius 3 is 2.70 bits per heavy atom. The van der Waals surface area contributed by atoms with Gasteiger partial charge in [0, 0.05) is 18.4 Å². The van der Waals surface area contributed by atoms with Crippen molar-refractivity contribution in [3.05, 3.63) is 23.5 Å². The van der Waals surface area contributed by atoms with Crippen LogP contribution >= 0.6 is 0 Å². The summed E-state index contributed by atoms with van der Waals surface area (Å²) in [6.07, 6.45) is 3.88. The zero-order valence-electron chi connectivity index (χ0n) is 6.52. The van der Waals surface area contributed by atoms with Crippen LogP contribution in [0.15, 0.2) is 23.5 Å². The molecule has 0 saturated heterocycles. The summed E-state index contributed by atoms with van der Waals surface area (Å²) in [5.74, 6) is 0.597. The second-order valence-corrected chi connectivity index (χ2v) is 2.90. The van der Waals surface area contributed by atoms with E-state index in [9.17, 15) is 0 Å². The summed E-state index contributed by atoms with van der Waals surface area (Å²) < 4.78 is 0. The Balaban J connectivity index is 2.69. The average Bonchev–Trinajstić information content (AvgIpc) is 1.88. The number of rotatable bonds is 1. The Bertz CT molecular complexity index is 178. The lowest BCUT2D eigenvalue weighted by Crippen LogP contribution is -2.20. The topological polar surface area (TPSA) is 38.0 Å². The third-order valence-electron chi connectivity index (χ3n) is 1.67. The minimum Gasteiger partial charge on any atom is -0.398 e. The lowest BCUT2D eigenvalue weighted by atomic mass is 10.0. The average molecular weight is 138 g/mol. The van der Waals surface area contributed by atoms with Gasteiger partial charge in [0.05, 0.1) is 0 Å². The van der Waals surface area contributed by atoms with Crippen LogP contribution in [0.25, 0.3) is 0 Å². The summed E-state index contributed by atoms with van der Waals surface area (Å²) in [6.45, 7) is 5.29. The molecule has 56 valence electrons. The van der Waals surface area contributed by atoms with Crippen molar-refractivity contribution in [2.45, 2.75) is 13.8 Å². The Morgan fingerprint density at radius 1 is 1.60 bits per heavy atom. The standard InChI is InChI=1S/C8H14N2/c1-6(2)7-3-8(9)5-10-4-7/h3,5-6,10H,4,9H2,1-2H3. The van der Waals surface area contributed by atoms with Gasteiger partial charge in [-0.2, -0.15) is 0 Å². The fraction of sp³-hybridized carbons (Fsp3) is 0.500. The highest BCUT2D eigenvalue weighted by molar-refractivity contribution is 5.26. The molecule has 0 atom stereocenters. The summed E-state index contributed by atoms with van der Waals surface area (Å²) in [6, 6.07) is 0. The lowest BCUT2D eigenvalue weighted by Gasteiger charge is -2.15. The molecule has 0 fully saturated rings. The van der Waals surface area contributed by atoms with Gasteiger partial charge < -0.3 is 11.1 Å². The first-order valence-electron chi connectivity index (χ1n) is 3.59. The maximum atomic E-state index is 5.59. The van der Waals surface area contributed by atoms with E-state index in [0.29, 0.717) is 5.92 Å². The summed E-state index contributed by atoms with van der Waals surface area (Å²) in [5, 5.41) is 3.11. The van der Waals surface area contributed by atoms with Crippen LogP contribution < -0.4 is 11.1 Å². The minimum atomic E-state index is 0.597. The van der Waals surface area contributed by atoms with Crippen molar-refractivity contribution < 1.29 is 0 Å². The van der Waals surface area contributed by atoms with Gasteiger partial charge in [-0.15, -0.1) is 0 Å². The van der Waals surface area contributed by atoms with E-state index in [-0.39, 0.29) is 0 Å². The van der Waals surface area contributed by atoms with Gasteiger partial charge in [0.1, 0.15) is 0 Å². The van der Waals surface area contributed by atoms with Gasteiger partial charge in [-0.25, -0.2) is 0 Å². The van der Waals surface area contributed by atoms with Gasteiger partial charge >= 0.3 is 0 Å². The molecule has 0 aliphatic carbocycles. The van der Waals surface area contributed by atoms with Gasteiger partial charge in [0.25, 0.3) is 0 Å². The summed E-state index contributed by atoms with van der Waals surface area (Å²) in [5.41, 5.74) is 7.79. The Hall–Kier alpha value is -0.920. The molecule has 1 aliphatic rings. The van der Waals surface area contributed by atoms with Crippen LogP contribution in [0.1, 0.15) is 13.8 Å². The van der Waals surface area contributed by atoms with E-state index in [1.54, 1.807) is 0 Å². The quantitative estimate of drug-likeness (QED) is 0.566. The first-order valence-corrected chi connectivity index (χ1v) is 3.59. The van der Waals surface area contributed by atoms with Crippen molar-refractivity contribution in [2.75, 3.05) is 6.54 Å². The van der Waals surface area contributed by atoms with E-state index < -0.39 is 0 Å². The number of hydrogen-bond donors (Lipinski definition) is 2. The molecule has 0 aromatic heterocycles. The zero-order chi connectivity index (χ0) is 7.56. The maximum absolute atomic E-state index is 5.59. The predicted octanol–water partition coefficient (Wildman–Crippen LogP) is 0.972. The van der Waals surface area contributed by atoms with Crippen LogP contribution in [0.4, 0.5) is 0 Å². The van der Waals surface area contributed by atoms with E-state index in [1.165, 1.54) is 5.57 Å². The molecule has 0 aromatic rings. The fourth-order valence-corrected chi connectivity index (χ4v) is 0.964. The summed E-state index contributed by atoms with van der Waals surface area (Å²) >= 11 is 0. The van der Waals surface area contributed by atoms with E-state index in [4.69, 9.17) is 5.73 Å². The van der Waals surface area contributed by atoms with Gasteiger partial charge in [-0.1, -0.05) is 13.8 Å². The monoisotopic (exact) mass is 138 g/mol. The van der Waals surface area contributed by atoms with Crippen LogP contribution in [0, 0.1) is 5.92 Å². The largest absolute Gasteiger partial charge is 0.398 e. The van der Waals surface area contributed by atoms with Crippen LogP contribution in [0.2, 0.25) is 0 Å². The third-order valence-corrected chi connectivity index (χ3v) is 1.67. The number of nitrogens with two attached hydrogens (primary N) is 1. The number of hydrogen-bond acceptors (Lipinski definition) is 2. The van der Waals surface area contributed by atoms with E-state index in [2.05, 4.69) is 19.2 Å². The Labute approximate surface area is 61.8 Å². The van der Waals surface area contributed by atoms with Crippen LogP contribution in [0.3, 0.4) is 0 Å². The van der Waals surface area contributed by atoms with Gasteiger partial charge in [-0.3, -0.25) is 0 Å². The molecule has 10 heavy (non-hydrogen) atoms. The maximum Gasteiger partial charge on any atom is 0.0474 e. The first kappa shape index (κ1) is 7.19. The summed E-state index contributed by atoms with van der Waals surface area (Å²) in [4.78, 5) is 0. The van der Waals surface area contributed by atoms with Crippen LogP contribution in [-0.4, -0.2) is 6.54 Å². The molecule has 0 radical (unpaired) electrons. The highest BCUT2D eigenvalue weighted by Crippen LogP contribution is 2.11. The molecule has 0 amide bonds. The van der Waals surface area contributed by atoms with E-state index in [1.807, 2.05) is 12.3 Å². The summed E-state index contributed by atoms with van der Waals surface area (Å²) in [7, 11) is 0. The van der Waals surface area contributed by atoms with E-state index >= 15 is 0 Å². The molecule has 1 aliphatic heterocycles. The molecule has 0 spiro atoms. The minimum absolute atomic E-state index is 0.597. The molecule has 0 aromatic carbocycles. The molecule has 2 heteroatoms. The van der Waals surface area contributed by atoms with Crippen molar-refractivity contribution >= 4 is 0 Å². The van der Waals surface area contributed by atoms with Crippen molar-refractivity contribution in [1.29, 1.82) is 0 Å². The van der Waals surface area contributed by atoms with Crippen molar-refractivity contribution in [3.8, 4) is 0 Å². The second kappa shape index (κ2) is 2.78. The van der Waals surface area contributed by atoms with Gasteiger partial charge in [0.15, 0.2) is 0 Å². The van der Waals surface area contributed by atoms with Crippen molar-refractivity contribution in [1.82, 2.24) is 5.32 Å². The van der Waals surface area contributed by atoms with E-state index in [0.717, 1.165) is 12.2 Å². The smallest absolute Gasteiger partial charge is 0.0474 e. The molecule has 2 nitrogen and oxygen atoms in total. The normalized spacial score (nSPS) is 17.9. The van der Waals surface area contributed by atoms with Crippen LogP contribution in [-0.2, 0) is 0 Å². The predicted molar refractivity (Wildman–Crippen MR) is 43.2 cm³/mol. The van der Waals surface area contributed by atoms with Crippen molar-refractivity contribution in [3.63, 3.8) is 0 Å². The third kappa shape index (κ3) is 1.53. The molecule has 0 bridgehead atoms. The molecule has 1 heterocycles. The fourth-order valence-electron chi connectivity index (χ4n) is 0.964. The molecular weight excluding hydrogens is 124 g/mol. The highest BCUT2D eigenvalue weighted by atomic mass is 14.9. The Kier molecular flexibility index (Phi) is 2.00. The first-order chi connectivity index (χ1) is 4.70. The van der Waals surface area contributed by atoms with Crippen molar-refractivity contribution in [2.24, 2.45) is 11.7 Å². The molecular formula is C8H14N2. The van der Waals surface area contributed by atoms with Gasteiger partial charge in [0.2, 0.25) is 0 Å². The molecule has 3 N–H and O–H groups in total. The number of nitrogens with one attached hydrogen (secondary N) is 1. The molecule has 1 rings (SSSR count). The molecule has 0 saturated carbocycles. The lowest BCUT2D eigenvalue weighted by molar-refractivity contribution is 0.706. The number of allylic oxidation sites excluding steroid dienone is 1. The highest BCUT2D eigenvalue weighted by Gasteiger charge is 2.05. The second-order valence-electron chi connectivity index (χ2n) is 2.90. The zero-order valence-corrected chi connectivity index (χ0v) is 6.52. The molecule has 0 unspecified atom stereocenters.